The molecule has 1 aromatic rings. The van der Waals surface area contributed by atoms with Crippen LogP contribution in [-0.2, 0) is 9.59 Å². The molecule has 0 aliphatic rings. The molecule has 0 aliphatic heterocycles. The van der Waals surface area contributed by atoms with E-state index < -0.39 is 5.91 Å². The molecule has 0 atom stereocenters. The summed E-state index contributed by atoms with van der Waals surface area (Å²) in [6, 6.07) is 4.90. The number of hydrogen-bond donors (Lipinski definition) is 3. The molecule has 1 aromatic carbocycles. The number of rotatable bonds is 7. The van der Waals surface area contributed by atoms with Gasteiger partial charge in [-0.05, 0) is 18.1 Å². The molecule has 0 fully saturated rings. The van der Waals surface area contributed by atoms with Crippen molar-refractivity contribution in [3.63, 3.8) is 0 Å². The molecule has 2 amide bonds. The minimum Gasteiger partial charge on any atom is -0.504 e. The molecule has 0 saturated carbocycles. The van der Waals surface area contributed by atoms with Crippen LogP contribution in [0, 0.1) is 5.92 Å². The molecule has 3 N–H and O–H groups in total. The minimum absolute atomic E-state index is 0.0716. The third-order valence-electron chi connectivity index (χ3n) is 2.67. The van der Waals surface area contributed by atoms with E-state index in [0.717, 1.165) is 0 Å². The van der Waals surface area contributed by atoms with Crippen molar-refractivity contribution in [3.05, 3.63) is 23.8 Å². The molecule has 0 saturated heterocycles. The molecular weight excluding hydrogens is 286 g/mol. The van der Waals surface area contributed by atoms with Crippen LogP contribution in [0.25, 0.3) is 0 Å². The molecule has 22 heavy (non-hydrogen) atoms. The van der Waals surface area contributed by atoms with E-state index in [1.165, 1.54) is 13.3 Å². The number of para-hydroxylation sites is 1. The number of hydrogen-bond acceptors (Lipinski definition) is 5. The average Bonchev–Trinajstić information content (AvgIpc) is 2.47. The van der Waals surface area contributed by atoms with Crippen LogP contribution < -0.4 is 15.5 Å². The highest BCUT2D eigenvalue weighted by Gasteiger charge is 2.09. The first kappa shape index (κ1) is 17.5. The number of nitrogens with one attached hydrogen (secondary N) is 2. The minimum atomic E-state index is -0.528. The Labute approximate surface area is 129 Å². The van der Waals surface area contributed by atoms with E-state index in [4.69, 9.17) is 4.74 Å². The van der Waals surface area contributed by atoms with E-state index in [2.05, 4.69) is 15.8 Å². The van der Waals surface area contributed by atoms with Gasteiger partial charge in [-0.15, -0.1) is 0 Å². The Hall–Kier alpha value is -2.57. The van der Waals surface area contributed by atoms with Gasteiger partial charge < -0.3 is 15.2 Å². The van der Waals surface area contributed by atoms with Crippen LogP contribution in [0.2, 0.25) is 0 Å². The van der Waals surface area contributed by atoms with Crippen LogP contribution in [-0.4, -0.2) is 36.8 Å². The van der Waals surface area contributed by atoms with Crippen molar-refractivity contribution in [2.24, 2.45) is 11.0 Å². The van der Waals surface area contributed by atoms with Crippen molar-refractivity contribution in [2.45, 2.75) is 20.3 Å². The lowest BCUT2D eigenvalue weighted by atomic mass is 10.2. The number of carbonyl (C=O) groups excluding carboxylic acids is 2. The zero-order chi connectivity index (χ0) is 16.5. The second-order valence-electron chi connectivity index (χ2n) is 5.07. The summed E-state index contributed by atoms with van der Waals surface area (Å²) in [4.78, 5) is 23.0. The van der Waals surface area contributed by atoms with Crippen LogP contribution >= 0.6 is 0 Å². The van der Waals surface area contributed by atoms with Crippen molar-refractivity contribution in [2.75, 3.05) is 13.7 Å². The Morgan fingerprint density at radius 2 is 2.09 bits per heavy atom. The summed E-state index contributed by atoms with van der Waals surface area (Å²) in [6.45, 7) is 4.45. The zero-order valence-corrected chi connectivity index (χ0v) is 12.9. The quantitative estimate of drug-likeness (QED) is 0.398. The second-order valence-corrected chi connectivity index (χ2v) is 5.07. The Balaban J connectivity index is 2.48. The molecular formula is C15H21N3O4. The van der Waals surface area contributed by atoms with Crippen molar-refractivity contribution >= 4 is 18.0 Å². The fourth-order valence-electron chi connectivity index (χ4n) is 1.55. The highest BCUT2D eigenvalue weighted by atomic mass is 16.5. The van der Waals surface area contributed by atoms with E-state index in [9.17, 15) is 14.7 Å². The fraction of sp³-hybridized carbons (Fsp3) is 0.400. The lowest BCUT2D eigenvalue weighted by Crippen LogP contribution is -2.32. The molecule has 0 bridgehead atoms. The number of aromatic hydroxyl groups is 1. The molecule has 0 aliphatic carbocycles. The summed E-state index contributed by atoms with van der Waals surface area (Å²) >= 11 is 0. The third kappa shape index (κ3) is 5.82. The molecule has 0 aromatic heterocycles. The molecule has 0 unspecified atom stereocenters. The monoisotopic (exact) mass is 307 g/mol. The van der Waals surface area contributed by atoms with Crippen LogP contribution in [0.3, 0.4) is 0 Å². The van der Waals surface area contributed by atoms with E-state index in [1.807, 2.05) is 13.8 Å². The van der Waals surface area contributed by atoms with E-state index in [1.54, 1.807) is 18.2 Å². The van der Waals surface area contributed by atoms with Crippen molar-refractivity contribution < 1.29 is 19.4 Å². The average molecular weight is 307 g/mol. The van der Waals surface area contributed by atoms with Gasteiger partial charge >= 0.3 is 0 Å². The number of methoxy groups -OCH3 is 1. The van der Waals surface area contributed by atoms with Gasteiger partial charge in [0, 0.05) is 12.1 Å². The lowest BCUT2D eigenvalue weighted by Gasteiger charge is -2.07. The largest absolute Gasteiger partial charge is 0.504 e. The summed E-state index contributed by atoms with van der Waals surface area (Å²) in [5, 5.41) is 16.2. The SMILES string of the molecule is COc1cccc(/C=N\NC(=O)CC(=O)NCC(C)C)c1O. The molecule has 120 valence electrons. The van der Waals surface area contributed by atoms with Gasteiger partial charge in [-0.1, -0.05) is 19.9 Å². The summed E-state index contributed by atoms with van der Waals surface area (Å²) < 4.78 is 4.96. The number of nitrogens with zero attached hydrogens (tertiary/aromatic N) is 1. The van der Waals surface area contributed by atoms with Gasteiger partial charge in [0.15, 0.2) is 11.5 Å². The second kappa shape index (κ2) is 8.66. The molecule has 0 spiro atoms. The predicted molar refractivity (Wildman–Crippen MR) is 82.9 cm³/mol. The standard InChI is InChI=1S/C15H21N3O4/c1-10(2)8-16-13(19)7-14(20)18-17-9-11-5-4-6-12(22-3)15(11)21/h4-6,9-10,21H,7-8H2,1-3H3,(H,16,19)(H,18,20)/b17-9-. The fourth-order valence-corrected chi connectivity index (χ4v) is 1.55. The highest BCUT2D eigenvalue weighted by Crippen LogP contribution is 2.27. The normalized spacial score (nSPS) is 10.7. The van der Waals surface area contributed by atoms with Crippen molar-refractivity contribution in [1.82, 2.24) is 10.7 Å². The molecule has 7 heteroatoms. The van der Waals surface area contributed by atoms with Crippen LogP contribution in [0.1, 0.15) is 25.8 Å². The van der Waals surface area contributed by atoms with Crippen LogP contribution in [0.5, 0.6) is 11.5 Å². The van der Waals surface area contributed by atoms with Crippen LogP contribution in [0.15, 0.2) is 23.3 Å². The zero-order valence-electron chi connectivity index (χ0n) is 12.9. The Morgan fingerprint density at radius 1 is 1.36 bits per heavy atom. The third-order valence-corrected chi connectivity index (χ3v) is 2.67. The van der Waals surface area contributed by atoms with Crippen molar-refractivity contribution in [3.8, 4) is 11.5 Å². The van der Waals surface area contributed by atoms with Gasteiger partial charge in [0.2, 0.25) is 11.8 Å². The van der Waals surface area contributed by atoms with Gasteiger partial charge in [-0.3, -0.25) is 9.59 Å². The maximum atomic E-state index is 11.5. The number of ether oxygens (including phenoxy) is 1. The van der Waals surface area contributed by atoms with Gasteiger partial charge in [0.25, 0.3) is 0 Å². The molecule has 1 rings (SSSR count). The number of hydrazone groups is 1. The maximum Gasteiger partial charge on any atom is 0.249 e. The van der Waals surface area contributed by atoms with E-state index in [0.29, 0.717) is 23.8 Å². The highest BCUT2D eigenvalue weighted by molar-refractivity contribution is 5.97. The smallest absolute Gasteiger partial charge is 0.249 e. The van der Waals surface area contributed by atoms with E-state index in [-0.39, 0.29) is 18.1 Å². The molecule has 0 radical (unpaired) electrons. The number of amides is 2. The summed E-state index contributed by atoms with van der Waals surface area (Å²) in [5.74, 6) is -0.326. The van der Waals surface area contributed by atoms with Crippen molar-refractivity contribution in [1.29, 1.82) is 0 Å². The lowest BCUT2D eigenvalue weighted by molar-refractivity contribution is -0.129. The Bertz CT molecular complexity index is 556. The first-order valence-corrected chi connectivity index (χ1v) is 6.88. The Morgan fingerprint density at radius 3 is 2.73 bits per heavy atom. The number of phenols is 1. The molecule has 0 heterocycles. The number of carbonyl (C=O) groups is 2. The van der Waals surface area contributed by atoms with Gasteiger partial charge in [-0.25, -0.2) is 5.43 Å². The molecule has 7 nitrogen and oxygen atoms in total. The summed E-state index contributed by atoms with van der Waals surface area (Å²) in [7, 11) is 1.44. The first-order chi connectivity index (χ1) is 10.4. The van der Waals surface area contributed by atoms with Crippen LogP contribution in [0.4, 0.5) is 0 Å². The van der Waals surface area contributed by atoms with Gasteiger partial charge in [0.05, 0.1) is 13.3 Å². The number of phenolic OH excluding ortho intramolecular Hbond substituents is 1. The Kier molecular flexibility index (Phi) is 6.88. The topological polar surface area (TPSA) is 100 Å². The first-order valence-electron chi connectivity index (χ1n) is 6.88. The predicted octanol–water partition coefficient (Wildman–Crippen LogP) is 1.01. The van der Waals surface area contributed by atoms with Gasteiger partial charge in [0.1, 0.15) is 6.42 Å². The number of benzene rings is 1. The van der Waals surface area contributed by atoms with E-state index >= 15 is 0 Å². The summed E-state index contributed by atoms with van der Waals surface area (Å²) in [6.07, 6.45) is 0.982. The van der Waals surface area contributed by atoms with Gasteiger partial charge in [-0.2, -0.15) is 5.10 Å². The maximum absolute atomic E-state index is 11.5. The summed E-state index contributed by atoms with van der Waals surface area (Å²) in [5.41, 5.74) is 2.62.